The summed E-state index contributed by atoms with van der Waals surface area (Å²) < 4.78 is 179. The van der Waals surface area contributed by atoms with Gasteiger partial charge in [-0.2, -0.15) is 0 Å². The Morgan fingerprint density at radius 3 is 0.562 bits per heavy atom. The number of carbonyl (C=O) groups excluding carboxylic acids is 3. The van der Waals surface area contributed by atoms with Gasteiger partial charge in [0.05, 0.1) is 172 Å². The summed E-state index contributed by atoms with van der Waals surface area (Å²) in [7, 11) is -13.9. The van der Waals surface area contributed by atoms with Crippen molar-refractivity contribution in [2.75, 3.05) is 193 Å². The highest BCUT2D eigenvalue weighted by atomic mass is 33.1. The van der Waals surface area contributed by atoms with Crippen LogP contribution in [0.15, 0.2) is 0 Å². The molecule has 9 N–H and O–H groups in total. The molecule has 0 aromatic rings. The molecular formula is C93H189N3O36P6S6. The summed E-state index contributed by atoms with van der Waals surface area (Å²) in [5, 5.41) is 24.4. The van der Waals surface area contributed by atoms with Crippen LogP contribution in [-0.4, -0.2) is 291 Å². The molecule has 0 heterocycles. The van der Waals surface area contributed by atoms with E-state index in [9.17, 15) is 71.1 Å². The molecule has 0 aliphatic heterocycles. The van der Waals surface area contributed by atoms with Crippen LogP contribution in [0.3, 0.4) is 0 Å². The molecule has 0 rings (SSSR count). The molecule has 6 atom stereocenters. The number of unbranched alkanes of at least 4 members (excludes halogenated alkanes) is 12. The molecule has 0 radical (unpaired) electrons. The number of ketones is 3. The highest BCUT2D eigenvalue weighted by Gasteiger charge is 2.34. The monoisotopic (exact) mass is 2300 g/mol. The van der Waals surface area contributed by atoms with Gasteiger partial charge >= 0.3 is 46.9 Å². The zero-order chi connectivity index (χ0) is 109. The Bertz CT molecular complexity index is 3550. The normalized spacial score (nSPS) is 14.9. The number of phosphoric acid groups is 6. The number of rotatable bonds is 99. The van der Waals surface area contributed by atoms with E-state index >= 15 is 0 Å². The Morgan fingerprint density at radius 1 is 0.188 bits per heavy atom. The van der Waals surface area contributed by atoms with E-state index in [4.69, 9.17) is 113 Å². The fourth-order valence-electron chi connectivity index (χ4n) is 11.7. The van der Waals surface area contributed by atoms with Crippen LogP contribution in [0.5, 0.6) is 0 Å². The molecule has 0 aliphatic rings. The van der Waals surface area contributed by atoms with Crippen molar-refractivity contribution in [3.05, 3.63) is 0 Å². The average Bonchev–Trinajstić information content (AvgIpc) is 0.909. The first-order valence-corrected chi connectivity index (χ1v) is 66.9. The number of Topliss-reactive ketones (excluding diaryl/α,β-unsaturated/α-hetero) is 3. The number of phosphoric ester groups is 6. The Labute approximate surface area is 887 Å². The van der Waals surface area contributed by atoms with Crippen LogP contribution in [0.4, 0.5) is 0 Å². The van der Waals surface area contributed by atoms with Gasteiger partial charge in [-0.05, 0) is 240 Å². The van der Waals surface area contributed by atoms with Gasteiger partial charge in [-0.3, -0.25) is 68.7 Å². The van der Waals surface area contributed by atoms with Gasteiger partial charge in [-0.1, -0.05) is 123 Å². The second-order valence-electron chi connectivity index (χ2n) is 39.3. The maximum Gasteiger partial charge on any atom is 0.472 e. The van der Waals surface area contributed by atoms with Crippen molar-refractivity contribution in [1.82, 2.24) is 0 Å². The third-order valence-corrected chi connectivity index (χ3v) is 32.8. The molecule has 0 aromatic heterocycles. The van der Waals surface area contributed by atoms with E-state index in [1.807, 2.05) is 21.6 Å². The smallest absolute Gasteiger partial charge is 0.379 e. The van der Waals surface area contributed by atoms with Gasteiger partial charge in [0.2, 0.25) is 0 Å². The van der Waals surface area contributed by atoms with Crippen LogP contribution in [0.1, 0.15) is 337 Å². The molecule has 0 fully saturated rings. The first-order valence-electron chi connectivity index (χ1n) is 50.5. The van der Waals surface area contributed by atoms with E-state index in [2.05, 4.69) is 0 Å². The van der Waals surface area contributed by atoms with Gasteiger partial charge < -0.3 is 88.2 Å². The highest BCUT2D eigenvalue weighted by molar-refractivity contribution is 8.77. The molecule has 0 saturated carbocycles. The van der Waals surface area contributed by atoms with E-state index < -0.39 is 80.5 Å². The molecule has 0 aliphatic carbocycles. The van der Waals surface area contributed by atoms with E-state index in [0.717, 1.165) is 199 Å². The van der Waals surface area contributed by atoms with Crippen LogP contribution < -0.4 is 0 Å². The van der Waals surface area contributed by atoms with E-state index in [0.29, 0.717) is 169 Å². The maximum atomic E-state index is 12.1. The van der Waals surface area contributed by atoms with Crippen molar-refractivity contribution < 1.29 is 168 Å². The van der Waals surface area contributed by atoms with Gasteiger partial charge in [-0.25, -0.2) is 27.4 Å². The molecule has 0 bridgehead atoms. The Hall–Kier alpha value is 0.420. The van der Waals surface area contributed by atoms with E-state index in [1.54, 1.807) is 168 Å². The van der Waals surface area contributed by atoms with Crippen molar-refractivity contribution in [3.8, 4) is 0 Å². The molecule has 0 aromatic carbocycles. The summed E-state index contributed by atoms with van der Waals surface area (Å²) in [5.41, 5.74) is -2.24. The van der Waals surface area contributed by atoms with Crippen LogP contribution in [0, 0.1) is 16.2 Å². The summed E-state index contributed by atoms with van der Waals surface area (Å²) in [6.07, 6.45) is 26.5. The van der Waals surface area contributed by atoms with Gasteiger partial charge in [0.1, 0.15) is 17.3 Å². The number of hydrogen-bond acceptors (Lipinski definition) is 39. The Balaban J connectivity index is -0.00000207. The molecule has 0 amide bonds. The van der Waals surface area contributed by atoms with Crippen LogP contribution in [-0.2, 0) is 139 Å². The van der Waals surface area contributed by atoms with Crippen molar-refractivity contribution in [1.29, 1.82) is 16.2 Å². The maximum absolute atomic E-state index is 12.1. The molecule has 0 saturated heterocycles. The highest BCUT2D eigenvalue weighted by Crippen LogP contribution is 2.52. The second kappa shape index (κ2) is 89.4. The lowest BCUT2D eigenvalue weighted by Gasteiger charge is -2.22. The minimum absolute atomic E-state index is 0.0492. The fraction of sp³-hybridized carbons (Fsp3) is 0.935. The molecule has 858 valence electrons. The lowest BCUT2D eigenvalue weighted by Crippen LogP contribution is -2.19. The van der Waals surface area contributed by atoms with Crippen molar-refractivity contribution in [2.24, 2.45) is 0 Å². The third kappa shape index (κ3) is 121. The molecular weight excluding hydrogens is 2110 g/mol. The predicted octanol–water partition coefficient (Wildman–Crippen LogP) is 24.5. The summed E-state index contributed by atoms with van der Waals surface area (Å²) in [6, 6.07) is 0. The first-order chi connectivity index (χ1) is 67.2. The molecule has 144 heavy (non-hydrogen) atoms. The van der Waals surface area contributed by atoms with Gasteiger partial charge in [0.15, 0.2) is 0 Å². The Kier molecular flexibility index (Phi) is 92.2. The summed E-state index contributed by atoms with van der Waals surface area (Å²) in [5.74, 6) is 6.02. The van der Waals surface area contributed by atoms with Crippen molar-refractivity contribution >= 4 is 146 Å². The second-order valence-corrected chi connectivity index (χ2v) is 55.7. The molecule has 51 heteroatoms. The number of carbonyl (C=O) groups is 3. The topological polar surface area (TPSA) is 540 Å². The summed E-state index contributed by atoms with van der Waals surface area (Å²) in [4.78, 5) is 94.0. The molecule has 0 spiro atoms. The largest absolute Gasteiger partial charge is 0.472 e. The quantitative estimate of drug-likeness (QED) is 0.0118. The van der Waals surface area contributed by atoms with E-state index in [1.165, 1.54) is 0 Å². The molecule has 6 unspecified atom stereocenters. The zero-order valence-electron chi connectivity index (χ0n) is 90.1. The lowest BCUT2D eigenvalue weighted by atomic mass is 10.1. The zero-order valence-corrected chi connectivity index (χ0v) is 100. The van der Waals surface area contributed by atoms with Crippen LogP contribution in [0.25, 0.3) is 0 Å². The summed E-state index contributed by atoms with van der Waals surface area (Å²) in [6.45, 7) is 37.6. The average molecular weight is 2300 g/mol. The summed E-state index contributed by atoms with van der Waals surface area (Å²) >= 11 is 0. The van der Waals surface area contributed by atoms with Gasteiger partial charge in [0.25, 0.3) is 0 Å². The van der Waals surface area contributed by atoms with Crippen molar-refractivity contribution in [2.45, 2.75) is 370 Å². The minimum Gasteiger partial charge on any atom is -0.379 e. The number of nitrogens with one attached hydrogen (secondary N) is 3. The van der Waals surface area contributed by atoms with Crippen molar-refractivity contribution in [3.63, 3.8) is 0 Å². The lowest BCUT2D eigenvalue weighted by molar-refractivity contribution is -0.119. The minimum atomic E-state index is -4.10. The first kappa shape index (κ1) is 149. The SMILES string of the molecule is CC(C)(C)OP(=O)(O)OCCCCCCCC(=N)CCCSSCCCC(=N)CCCOCCOCCOCCOP(=O)(O)OC(C)(C)C.CC(C)(C)OP(=O)(O)OCCCCCCCC(=O)CCSSCCC(=O)CCCOCCOCCOCCOP(=O)(O)OC(C)(C)C.CC(C)(C)OP(=O)(O)OCCCCCCCC(=O)CCSSCCCC(=N)CCCOCCOCCOCCOP(=O)(O)OC(C)(C)C. The van der Waals surface area contributed by atoms with Crippen LogP contribution in [0.2, 0.25) is 0 Å². The Morgan fingerprint density at radius 2 is 0.340 bits per heavy atom. The predicted molar refractivity (Wildman–Crippen MR) is 582 cm³/mol. The number of hydrogen-bond donors (Lipinski definition) is 9. The standard InChI is InChI=1S/C32H66N2O11P2S2.C31H63NO12P2S2.C30H60O13P2S2/c1-31(2,3)44-46(35,36)42-20-11-9-7-8-10-15-29(33)17-13-27-48-49-28-14-18-30(34)16-12-19-39-21-22-40-23-24-41-25-26-43-47(37,38)45-32(4,5)6;1-30(2,3)43-45(34,35)41-19-11-9-7-8-10-16-29(33)17-27-48-47-26-13-15-28(32)14-12-18-38-20-21-39-22-23-40-24-25-42-46(36,37)44-31(4,5)6;1-29(2,3)42-44(33,34)40-18-11-9-7-8-10-13-27(31)15-25-46-47-26-16-28(32)14-12-17-37-19-20-38-21-22-39-23-24-41-45(35,36)43-30(4,5)6/h33-34H,7-28H2,1-6H3,(H,35,36)(H,37,38);32H,7-27H2,1-6H3,(H,34,35)(H,36,37);7-26H2,1-6H3,(H,33,34)(H,35,36). The van der Waals surface area contributed by atoms with Gasteiger partial charge in [-0.15, -0.1) is 0 Å². The fourth-order valence-corrected chi connectivity index (χ4v) is 24.5. The third-order valence-electron chi connectivity index (χ3n) is 17.6. The van der Waals surface area contributed by atoms with E-state index in [-0.39, 0.29) is 71.0 Å². The number of ether oxygens (including phenoxy) is 9. The van der Waals surface area contributed by atoms with Crippen LogP contribution >= 0.6 is 112 Å². The van der Waals surface area contributed by atoms with Gasteiger partial charge in [0, 0.05) is 110 Å². The molecule has 39 nitrogen and oxygen atoms in total.